The third-order valence-corrected chi connectivity index (χ3v) is 3.55. The molecule has 3 heteroatoms. The summed E-state index contributed by atoms with van der Waals surface area (Å²) in [6.07, 6.45) is 1.98. The number of nitrogens with one attached hydrogen (secondary N) is 2. The molecule has 1 heterocycles. The fourth-order valence-corrected chi connectivity index (χ4v) is 2.48. The van der Waals surface area contributed by atoms with Crippen LogP contribution in [0.1, 0.15) is 11.1 Å². The van der Waals surface area contributed by atoms with Gasteiger partial charge in [-0.05, 0) is 47.7 Å². The number of H-pyrrole nitrogens is 1. The molecule has 0 unspecified atom stereocenters. The van der Waals surface area contributed by atoms with Gasteiger partial charge in [-0.3, -0.25) is 0 Å². The summed E-state index contributed by atoms with van der Waals surface area (Å²) in [6.45, 7) is 2.85. The molecular weight excluding hydrogens is 248 g/mol. The molecule has 0 aliphatic rings. The van der Waals surface area contributed by atoms with Crippen LogP contribution < -0.4 is 10.1 Å². The topological polar surface area (TPSA) is 37.0 Å². The zero-order valence-electron chi connectivity index (χ0n) is 11.7. The second kappa shape index (κ2) is 5.29. The average Bonchev–Trinajstić information content (AvgIpc) is 2.94. The SMILES string of the molecule is COc1ccc(NCc2cccc3cc[nH]c23)cc1C. The molecule has 0 fully saturated rings. The van der Waals surface area contributed by atoms with Crippen molar-refractivity contribution in [2.24, 2.45) is 0 Å². The van der Waals surface area contributed by atoms with Crippen molar-refractivity contribution in [3.63, 3.8) is 0 Å². The second-order valence-corrected chi connectivity index (χ2v) is 4.90. The zero-order valence-corrected chi connectivity index (χ0v) is 11.7. The van der Waals surface area contributed by atoms with E-state index >= 15 is 0 Å². The Balaban J connectivity index is 1.79. The first-order valence-electron chi connectivity index (χ1n) is 6.71. The van der Waals surface area contributed by atoms with E-state index in [0.717, 1.165) is 23.5 Å². The van der Waals surface area contributed by atoms with E-state index in [1.807, 2.05) is 18.3 Å². The maximum Gasteiger partial charge on any atom is 0.121 e. The third-order valence-electron chi connectivity index (χ3n) is 3.55. The van der Waals surface area contributed by atoms with Crippen LogP contribution >= 0.6 is 0 Å². The van der Waals surface area contributed by atoms with E-state index in [0.29, 0.717) is 0 Å². The summed E-state index contributed by atoms with van der Waals surface area (Å²) in [7, 11) is 1.70. The molecule has 3 nitrogen and oxygen atoms in total. The predicted octanol–water partition coefficient (Wildman–Crippen LogP) is 4.10. The lowest BCUT2D eigenvalue weighted by Crippen LogP contribution is -2.00. The maximum atomic E-state index is 5.28. The van der Waals surface area contributed by atoms with Gasteiger partial charge in [0, 0.05) is 18.4 Å². The number of hydrogen-bond donors (Lipinski definition) is 2. The standard InChI is InChI=1S/C17H18N2O/c1-12-10-15(6-7-16(12)20-2)19-11-14-5-3-4-13-8-9-18-17(13)14/h3-10,18-19H,11H2,1-2H3. The Morgan fingerprint density at radius 3 is 2.85 bits per heavy atom. The fourth-order valence-electron chi connectivity index (χ4n) is 2.48. The lowest BCUT2D eigenvalue weighted by Gasteiger charge is -2.10. The van der Waals surface area contributed by atoms with E-state index < -0.39 is 0 Å². The van der Waals surface area contributed by atoms with Gasteiger partial charge in [0.2, 0.25) is 0 Å². The smallest absolute Gasteiger partial charge is 0.121 e. The molecule has 1 aromatic heterocycles. The molecule has 0 aliphatic carbocycles. The highest BCUT2D eigenvalue weighted by Gasteiger charge is 2.03. The minimum Gasteiger partial charge on any atom is -0.496 e. The first kappa shape index (κ1) is 12.6. The number of anilines is 1. The molecule has 0 saturated heterocycles. The molecule has 0 atom stereocenters. The Morgan fingerprint density at radius 2 is 2.05 bits per heavy atom. The Bertz CT molecular complexity index is 731. The van der Waals surface area contributed by atoms with Gasteiger partial charge in [-0.2, -0.15) is 0 Å². The van der Waals surface area contributed by atoms with Crippen LogP contribution in [0.25, 0.3) is 10.9 Å². The van der Waals surface area contributed by atoms with Gasteiger partial charge < -0.3 is 15.0 Å². The Labute approximate surface area is 118 Å². The monoisotopic (exact) mass is 266 g/mol. The highest BCUT2D eigenvalue weighted by atomic mass is 16.5. The van der Waals surface area contributed by atoms with Crippen molar-refractivity contribution in [3.05, 3.63) is 59.8 Å². The highest BCUT2D eigenvalue weighted by Crippen LogP contribution is 2.23. The van der Waals surface area contributed by atoms with E-state index in [1.165, 1.54) is 16.5 Å². The van der Waals surface area contributed by atoms with Crippen molar-refractivity contribution in [2.45, 2.75) is 13.5 Å². The maximum absolute atomic E-state index is 5.28. The Kier molecular flexibility index (Phi) is 3.33. The van der Waals surface area contributed by atoms with Crippen molar-refractivity contribution in [1.29, 1.82) is 0 Å². The lowest BCUT2D eigenvalue weighted by molar-refractivity contribution is 0.412. The van der Waals surface area contributed by atoms with Crippen LogP contribution in [0.3, 0.4) is 0 Å². The van der Waals surface area contributed by atoms with E-state index in [-0.39, 0.29) is 0 Å². The van der Waals surface area contributed by atoms with Gasteiger partial charge in [-0.15, -0.1) is 0 Å². The lowest BCUT2D eigenvalue weighted by atomic mass is 10.1. The highest BCUT2D eigenvalue weighted by molar-refractivity contribution is 5.82. The molecule has 0 spiro atoms. The number of aromatic nitrogens is 1. The minimum atomic E-state index is 0.795. The van der Waals surface area contributed by atoms with Gasteiger partial charge >= 0.3 is 0 Å². The van der Waals surface area contributed by atoms with Crippen molar-refractivity contribution >= 4 is 16.6 Å². The third kappa shape index (κ3) is 2.35. The largest absolute Gasteiger partial charge is 0.496 e. The van der Waals surface area contributed by atoms with E-state index in [1.54, 1.807) is 7.11 Å². The molecule has 0 saturated carbocycles. The van der Waals surface area contributed by atoms with Gasteiger partial charge in [0.1, 0.15) is 5.75 Å². The van der Waals surface area contributed by atoms with E-state index in [9.17, 15) is 0 Å². The minimum absolute atomic E-state index is 0.795. The summed E-state index contributed by atoms with van der Waals surface area (Å²) in [4.78, 5) is 3.29. The van der Waals surface area contributed by atoms with Gasteiger partial charge in [0.15, 0.2) is 0 Å². The molecule has 3 rings (SSSR count). The molecule has 0 aliphatic heterocycles. The van der Waals surface area contributed by atoms with Crippen molar-refractivity contribution in [2.75, 3.05) is 12.4 Å². The number of hydrogen-bond acceptors (Lipinski definition) is 2. The fraction of sp³-hybridized carbons (Fsp3) is 0.176. The van der Waals surface area contributed by atoms with Gasteiger partial charge in [-0.1, -0.05) is 18.2 Å². The number of ether oxygens (including phenoxy) is 1. The summed E-state index contributed by atoms with van der Waals surface area (Å²) in [5.41, 5.74) is 4.70. The number of methoxy groups -OCH3 is 1. The molecule has 3 aromatic rings. The Hall–Kier alpha value is -2.42. The second-order valence-electron chi connectivity index (χ2n) is 4.90. The molecule has 0 bridgehead atoms. The molecule has 2 N–H and O–H groups in total. The van der Waals surface area contributed by atoms with E-state index in [2.05, 4.69) is 47.6 Å². The van der Waals surface area contributed by atoms with Crippen LogP contribution in [0.2, 0.25) is 0 Å². The summed E-state index contributed by atoms with van der Waals surface area (Å²) >= 11 is 0. The Morgan fingerprint density at radius 1 is 1.15 bits per heavy atom. The first-order valence-corrected chi connectivity index (χ1v) is 6.71. The summed E-state index contributed by atoms with van der Waals surface area (Å²) in [5, 5.41) is 4.71. The summed E-state index contributed by atoms with van der Waals surface area (Å²) < 4.78 is 5.28. The number of para-hydroxylation sites is 1. The number of fused-ring (bicyclic) bond motifs is 1. The molecule has 102 valence electrons. The van der Waals surface area contributed by atoms with Gasteiger partial charge in [0.25, 0.3) is 0 Å². The van der Waals surface area contributed by atoms with Crippen molar-refractivity contribution in [1.82, 2.24) is 4.98 Å². The quantitative estimate of drug-likeness (QED) is 0.746. The van der Waals surface area contributed by atoms with Crippen LogP contribution in [0.5, 0.6) is 5.75 Å². The normalized spacial score (nSPS) is 10.7. The van der Waals surface area contributed by atoms with Crippen LogP contribution in [0, 0.1) is 6.92 Å². The van der Waals surface area contributed by atoms with Gasteiger partial charge in [0.05, 0.1) is 12.6 Å². The molecule has 20 heavy (non-hydrogen) atoms. The number of benzene rings is 2. The van der Waals surface area contributed by atoms with Crippen molar-refractivity contribution in [3.8, 4) is 5.75 Å². The predicted molar refractivity (Wildman–Crippen MR) is 83.4 cm³/mol. The average molecular weight is 266 g/mol. The van der Waals surface area contributed by atoms with Crippen LogP contribution in [0.15, 0.2) is 48.7 Å². The number of aryl methyl sites for hydroxylation is 1. The molecule has 2 aromatic carbocycles. The van der Waals surface area contributed by atoms with Crippen LogP contribution in [-0.4, -0.2) is 12.1 Å². The molecular formula is C17H18N2O. The first-order chi connectivity index (χ1) is 9.78. The van der Waals surface area contributed by atoms with Crippen LogP contribution in [0.4, 0.5) is 5.69 Å². The number of aromatic amines is 1. The summed E-state index contributed by atoms with van der Waals surface area (Å²) in [5.74, 6) is 0.919. The van der Waals surface area contributed by atoms with Crippen molar-refractivity contribution < 1.29 is 4.74 Å². The van der Waals surface area contributed by atoms with Crippen LogP contribution in [-0.2, 0) is 6.54 Å². The van der Waals surface area contributed by atoms with E-state index in [4.69, 9.17) is 4.74 Å². The summed E-state index contributed by atoms with van der Waals surface area (Å²) in [6, 6.07) is 14.6. The van der Waals surface area contributed by atoms with Gasteiger partial charge in [-0.25, -0.2) is 0 Å². The number of rotatable bonds is 4. The molecule has 0 amide bonds. The zero-order chi connectivity index (χ0) is 13.9. The molecule has 0 radical (unpaired) electrons.